The molecule has 3 aromatic heterocycles. The molecule has 1 N–H and O–H groups in total. The fraction of sp³-hybridized carbons (Fsp3) is 0.188. The van der Waals surface area contributed by atoms with Crippen molar-refractivity contribution in [1.29, 1.82) is 0 Å². The van der Waals surface area contributed by atoms with E-state index in [1.807, 2.05) is 60.7 Å². The van der Waals surface area contributed by atoms with E-state index in [0.29, 0.717) is 31.0 Å². The lowest BCUT2D eigenvalue weighted by atomic mass is 10.0. The second kappa shape index (κ2) is 11.7. The monoisotopic (exact) mass is 548 g/mol. The molecule has 3 aromatic carbocycles. The topological polar surface area (TPSA) is 92.8 Å². The summed E-state index contributed by atoms with van der Waals surface area (Å²) in [5.41, 5.74) is 4.13. The van der Waals surface area contributed by atoms with Gasteiger partial charge in [-0.2, -0.15) is 0 Å². The molecule has 0 unspecified atom stereocenters. The molecule has 9 heteroatoms. The molecule has 1 atom stereocenters. The molecular formula is C32H29FN6O2. The molecule has 6 rings (SSSR count). The molecule has 3 heterocycles. The lowest BCUT2D eigenvalue weighted by molar-refractivity contribution is 0.179. The average Bonchev–Trinajstić information content (AvgIpc) is 3.67. The van der Waals surface area contributed by atoms with E-state index >= 15 is 0 Å². The molecule has 0 amide bonds. The minimum absolute atomic E-state index is 0.222. The Morgan fingerprint density at radius 2 is 1.73 bits per heavy atom. The maximum absolute atomic E-state index is 13.8. The van der Waals surface area contributed by atoms with Gasteiger partial charge in [-0.05, 0) is 81.4 Å². The fourth-order valence-electron chi connectivity index (χ4n) is 5.14. The second-order valence-electron chi connectivity index (χ2n) is 10.0. The van der Waals surface area contributed by atoms with Gasteiger partial charge in [0.15, 0.2) is 5.82 Å². The molecule has 0 aliphatic heterocycles. The minimum atomic E-state index is -0.630. The van der Waals surface area contributed by atoms with Crippen molar-refractivity contribution >= 4 is 10.9 Å². The lowest BCUT2D eigenvalue weighted by Gasteiger charge is -2.30. The van der Waals surface area contributed by atoms with Gasteiger partial charge in [0.05, 0.1) is 19.4 Å². The number of furan rings is 1. The molecule has 0 saturated carbocycles. The number of tetrazole rings is 1. The van der Waals surface area contributed by atoms with Gasteiger partial charge < -0.3 is 9.40 Å². The van der Waals surface area contributed by atoms with Gasteiger partial charge >= 0.3 is 0 Å². The Morgan fingerprint density at radius 1 is 0.927 bits per heavy atom. The number of benzene rings is 3. The van der Waals surface area contributed by atoms with Crippen molar-refractivity contribution in [3.05, 3.63) is 147 Å². The van der Waals surface area contributed by atoms with Crippen LogP contribution in [-0.4, -0.2) is 30.1 Å². The smallest absolute Gasteiger partial charge is 0.253 e. The third kappa shape index (κ3) is 5.85. The minimum Gasteiger partial charge on any atom is -0.468 e. The van der Waals surface area contributed by atoms with Gasteiger partial charge in [0, 0.05) is 17.6 Å². The first-order valence-corrected chi connectivity index (χ1v) is 13.5. The molecule has 0 fully saturated rings. The van der Waals surface area contributed by atoms with Crippen LogP contribution in [0.4, 0.5) is 4.39 Å². The maximum atomic E-state index is 13.8. The second-order valence-corrected chi connectivity index (χ2v) is 10.0. The van der Waals surface area contributed by atoms with E-state index in [2.05, 4.69) is 38.4 Å². The number of aromatic amines is 1. The van der Waals surface area contributed by atoms with Crippen LogP contribution in [0.15, 0.2) is 106 Å². The standard InChI is InChI=1S/C32H29FN6O2/c1-2-22-12-15-29-25(17-22)18-28(32(40)34-29)30(31-35-36-37-39(31)20-24-10-13-26(33)14-11-24)38(21-27-9-6-16-41-27)19-23-7-4-3-5-8-23/h3-18,30H,2,19-21H2,1H3,(H,34,40)/t30-/m0/s1. The molecule has 0 aliphatic carbocycles. The summed E-state index contributed by atoms with van der Waals surface area (Å²) in [7, 11) is 0. The highest BCUT2D eigenvalue weighted by Gasteiger charge is 2.31. The third-order valence-corrected chi connectivity index (χ3v) is 7.22. The van der Waals surface area contributed by atoms with Gasteiger partial charge in [-0.1, -0.05) is 55.5 Å². The Hall–Kier alpha value is -4.89. The van der Waals surface area contributed by atoms with Gasteiger partial charge in [-0.15, -0.1) is 5.10 Å². The summed E-state index contributed by atoms with van der Waals surface area (Å²) in [6.45, 7) is 3.32. The summed E-state index contributed by atoms with van der Waals surface area (Å²) in [6.07, 6.45) is 2.51. The number of pyridine rings is 1. The molecule has 206 valence electrons. The fourth-order valence-corrected chi connectivity index (χ4v) is 5.14. The highest BCUT2D eigenvalue weighted by atomic mass is 19.1. The summed E-state index contributed by atoms with van der Waals surface area (Å²) < 4.78 is 21.0. The number of fused-ring (bicyclic) bond motifs is 1. The largest absolute Gasteiger partial charge is 0.468 e. The van der Waals surface area contributed by atoms with Crippen LogP contribution in [0.5, 0.6) is 0 Å². The average molecular weight is 549 g/mol. The van der Waals surface area contributed by atoms with E-state index in [4.69, 9.17) is 4.42 Å². The van der Waals surface area contributed by atoms with Crippen LogP contribution in [0.3, 0.4) is 0 Å². The van der Waals surface area contributed by atoms with Gasteiger partial charge in [-0.25, -0.2) is 9.07 Å². The number of H-pyrrole nitrogens is 1. The quantitative estimate of drug-likeness (QED) is 0.238. The van der Waals surface area contributed by atoms with Crippen molar-refractivity contribution in [2.45, 2.75) is 39.0 Å². The number of rotatable bonds is 10. The third-order valence-electron chi connectivity index (χ3n) is 7.22. The predicted octanol–water partition coefficient (Wildman–Crippen LogP) is 5.65. The number of aromatic nitrogens is 5. The first-order chi connectivity index (χ1) is 20.1. The first-order valence-electron chi connectivity index (χ1n) is 13.5. The van der Waals surface area contributed by atoms with Gasteiger partial charge in [0.25, 0.3) is 5.56 Å². The summed E-state index contributed by atoms with van der Waals surface area (Å²) in [6, 6.07) is 27.4. The van der Waals surface area contributed by atoms with Crippen LogP contribution >= 0.6 is 0 Å². The summed E-state index contributed by atoms with van der Waals surface area (Å²) in [4.78, 5) is 19.0. The number of nitrogens with zero attached hydrogens (tertiary/aromatic N) is 5. The van der Waals surface area contributed by atoms with Gasteiger partial charge in [0.2, 0.25) is 0 Å². The maximum Gasteiger partial charge on any atom is 0.253 e. The molecule has 0 aliphatic rings. The normalized spacial score (nSPS) is 12.3. The lowest BCUT2D eigenvalue weighted by Crippen LogP contribution is -2.34. The van der Waals surface area contributed by atoms with Crippen LogP contribution in [0.25, 0.3) is 10.9 Å². The zero-order valence-corrected chi connectivity index (χ0v) is 22.6. The number of nitrogens with one attached hydrogen (secondary N) is 1. The number of hydrogen-bond donors (Lipinski definition) is 1. The SMILES string of the molecule is CCc1ccc2[nH]c(=O)c([C@@H](c3nnnn3Cc3ccc(F)cc3)N(Cc3ccccc3)Cc3ccco3)cc2c1. The number of hydrogen-bond acceptors (Lipinski definition) is 6. The van der Waals surface area contributed by atoms with Crippen molar-refractivity contribution in [3.8, 4) is 0 Å². The molecule has 0 saturated heterocycles. The van der Waals surface area contributed by atoms with Crippen LogP contribution in [0, 0.1) is 5.82 Å². The Morgan fingerprint density at radius 3 is 2.49 bits per heavy atom. The Bertz CT molecular complexity index is 1800. The van der Waals surface area contributed by atoms with Crippen molar-refractivity contribution in [1.82, 2.24) is 30.1 Å². The Balaban J connectivity index is 1.52. The molecule has 41 heavy (non-hydrogen) atoms. The van der Waals surface area contributed by atoms with Crippen molar-refractivity contribution in [2.24, 2.45) is 0 Å². The van der Waals surface area contributed by atoms with E-state index in [1.165, 1.54) is 17.7 Å². The zero-order valence-electron chi connectivity index (χ0n) is 22.6. The molecule has 0 spiro atoms. The summed E-state index contributed by atoms with van der Waals surface area (Å²) >= 11 is 0. The van der Waals surface area contributed by atoms with Crippen molar-refractivity contribution in [2.75, 3.05) is 0 Å². The first kappa shape index (κ1) is 26.3. The van der Waals surface area contributed by atoms with Crippen molar-refractivity contribution < 1.29 is 8.81 Å². The molecule has 8 nitrogen and oxygen atoms in total. The van der Waals surface area contributed by atoms with Gasteiger partial charge in [-0.3, -0.25) is 9.69 Å². The number of halogens is 1. The van der Waals surface area contributed by atoms with E-state index in [0.717, 1.165) is 34.2 Å². The Labute approximate surface area is 236 Å². The van der Waals surface area contributed by atoms with E-state index in [-0.39, 0.29) is 11.4 Å². The van der Waals surface area contributed by atoms with Crippen LogP contribution in [0.2, 0.25) is 0 Å². The molecular weight excluding hydrogens is 519 g/mol. The van der Waals surface area contributed by atoms with E-state index in [1.54, 1.807) is 23.1 Å². The van der Waals surface area contributed by atoms with Crippen molar-refractivity contribution in [3.63, 3.8) is 0 Å². The zero-order chi connectivity index (χ0) is 28.2. The number of aryl methyl sites for hydroxylation is 1. The summed E-state index contributed by atoms with van der Waals surface area (Å²) in [5.74, 6) is 0.924. The highest BCUT2D eigenvalue weighted by Crippen LogP contribution is 2.30. The van der Waals surface area contributed by atoms with Crippen LogP contribution in [-0.2, 0) is 26.1 Å². The summed E-state index contributed by atoms with van der Waals surface area (Å²) in [5, 5.41) is 13.7. The molecule has 0 bridgehead atoms. The van der Waals surface area contributed by atoms with Crippen LogP contribution in [0.1, 0.15) is 46.8 Å². The van der Waals surface area contributed by atoms with E-state index < -0.39 is 6.04 Å². The van der Waals surface area contributed by atoms with E-state index in [9.17, 15) is 9.18 Å². The Kier molecular flexibility index (Phi) is 7.51. The molecule has 0 radical (unpaired) electrons. The highest BCUT2D eigenvalue weighted by molar-refractivity contribution is 5.80. The predicted molar refractivity (Wildman–Crippen MR) is 154 cm³/mol. The van der Waals surface area contributed by atoms with Crippen LogP contribution < -0.4 is 5.56 Å². The van der Waals surface area contributed by atoms with Gasteiger partial charge in [0.1, 0.15) is 17.6 Å². The molecule has 6 aromatic rings.